The second-order valence-electron chi connectivity index (χ2n) is 8.35. The van der Waals surface area contributed by atoms with Crippen LogP contribution in [0.1, 0.15) is 38.3 Å². The Hall–Kier alpha value is -2.17. The van der Waals surface area contributed by atoms with Gasteiger partial charge in [-0.15, -0.1) is 0 Å². The van der Waals surface area contributed by atoms with Gasteiger partial charge in [0.1, 0.15) is 17.6 Å². The van der Waals surface area contributed by atoms with Crippen LogP contribution in [0, 0.1) is 22.7 Å². The van der Waals surface area contributed by atoms with Gasteiger partial charge in [0.2, 0.25) is 0 Å². The molecule has 29 heavy (non-hydrogen) atoms. The van der Waals surface area contributed by atoms with E-state index in [9.17, 15) is 10.1 Å². The number of fused-ring (bicyclic) bond motifs is 1. The van der Waals surface area contributed by atoms with Crippen LogP contribution in [0.2, 0.25) is 0 Å². The summed E-state index contributed by atoms with van der Waals surface area (Å²) < 4.78 is 11.1. The summed E-state index contributed by atoms with van der Waals surface area (Å²) in [6, 6.07) is 8.14. The highest BCUT2D eigenvalue weighted by Gasteiger charge is 2.54. The number of nitriles is 1. The van der Waals surface area contributed by atoms with Gasteiger partial charge in [-0.05, 0) is 50.7 Å². The molecule has 3 aliphatic rings. The molecular formula is C22H30N4O3. The number of esters is 1. The van der Waals surface area contributed by atoms with E-state index in [1.807, 2.05) is 19.1 Å². The lowest BCUT2D eigenvalue weighted by Gasteiger charge is -2.52. The first-order valence-corrected chi connectivity index (χ1v) is 10.8. The Morgan fingerprint density at radius 3 is 2.93 bits per heavy atom. The van der Waals surface area contributed by atoms with Crippen LogP contribution in [0.3, 0.4) is 0 Å². The van der Waals surface area contributed by atoms with Crippen molar-refractivity contribution < 1.29 is 14.3 Å². The molecule has 7 heteroatoms. The number of aromatic nitrogens is 1. The van der Waals surface area contributed by atoms with Gasteiger partial charge in [-0.3, -0.25) is 9.69 Å². The molecule has 0 amide bonds. The number of ether oxygens (including phenoxy) is 2. The van der Waals surface area contributed by atoms with Crippen LogP contribution in [0.15, 0.2) is 18.2 Å². The topological polar surface area (TPSA) is 78.7 Å². The molecule has 0 radical (unpaired) electrons. The molecule has 3 atom stereocenters. The number of carbonyl (C=O) groups excluding carboxylic acids is 1. The molecule has 0 N–H and O–H groups in total. The summed E-state index contributed by atoms with van der Waals surface area (Å²) in [5.74, 6) is 1.03. The number of piperidine rings is 1. The van der Waals surface area contributed by atoms with E-state index in [0.29, 0.717) is 30.8 Å². The second kappa shape index (κ2) is 8.68. The molecule has 2 aliphatic heterocycles. The van der Waals surface area contributed by atoms with E-state index in [1.54, 1.807) is 6.07 Å². The van der Waals surface area contributed by atoms with Gasteiger partial charge in [0.15, 0.2) is 0 Å². The molecule has 0 spiro atoms. The van der Waals surface area contributed by atoms with Crippen LogP contribution in [0.5, 0.6) is 0 Å². The van der Waals surface area contributed by atoms with Gasteiger partial charge < -0.3 is 14.4 Å². The zero-order chi connectivity index (χ0) is 20.3. The molecule has 3 heterocycles. The lowest BCUT2D eigenvalue weighted by molar-refractivity contribution is -0.164. The lowest BCUT2D eigenvalue weighted by Crippen LogP contribution is -2.59. The summed E-state index contributed by atoms with van der Waals surface area (Å²) in [4.78, 5) is 22.4. The summed E-state index contributed by atoms with van der Waals surface area (Å²) in [6.45, 7) is 7.33. The molecule has 1 aromatic rings. The number of rotatable bonds is 4. The maximum Gasteiger partial charge on any atom is 0.314 e. The minimum atomic E-state index is -0.485. The lowest BCUT2D eigenvalue weighted by atomic mass is 9.61. The molecule has 4 rings (SSSR count). The number of pyridine rings is 1. The molecule has 3 fully saturated rings. The van der Waals surface area contributed by atoms with Crippen molar-refractivity contribution >= 4 is 11.8 Å². The molecule has 0 bridgehead atoms. The zero-order valence-corrected chi connectivity index (χ0v) is 17.2. The van der Waals surface area contributed by atoms with Crippen LogP contribution in [-0.2, 0) is 14.3 Å². The van der Waals surface area contributed by atoms with Crippen LogP contribution in [0.25, 0.3) is 0 Å². The van der Waals surface area contributed by atoms with E-state index in [0.717, 1.165) is 64.3 Å². The fourth-order valence-electron chi connectivity index (χ4n) is 5.37. The molecule has 1 aromatic heterocycles. The third kappa shape index (κ3) is 3.96. The van der Waals surface area contributed by atoms with Crippen molar-refractivity contribution in [2.24, 2.45) is 11.3 Å². The van der Waals surface area contributed by atoms with Gasteiger partial charge in [-0.25, -0.2) is 4.98 Å². The Morgan fingerprint density at radius 2 is 2.17 bits per heavy atom. The minimum Gasteiger partial charge on any atom is -0.466 e. The first kappa shape index (κ1) is 20.1. The number of nitrogens with zero attached hydrogens (tertiary/aromatic N) is 4. The van der Waals surface area contributed by atoms with Gasteiger partial charge in [0.05, 0.1) is 25.2 Å². The fraction of sp³-hybridized carbons (Fsp3) is 0.682. The van der Waals surface area contributed by atoms with Gasteiger partial charge in [-0.2, -0.15) is 5.26 Å². The van der Waals surface area contributed by atoms with Crippen LogP contribution >= 0.6 is 0 Å². The van der Waals surface area contributed by atoms with Gasteiger partial charge in [0.25, 0.3) is 0 Å². The Bertz CT molecular complexity index is 774. The fourth-order valence-corrected chi connectivity index (χ4v) is 5.37. The normalized spacial score (nSPS) is 30.3. The Labute approximate surface area is 172 Å². The summed E-state index contributed by atoms with van der Waals surface area (Å²) >= 11 is 0. The van der Waals surface area contributed by atoms with E-state index in [2.05, 4.69) is 20.9 Å². The summed E-state index contributed by atoms with van der Waals surface area (Å²) in [5.41, 5.74) is -0.0766. The average Bonchev–Trinajstić information content (AvgIpc) is 2.79. The van der Waals surface area contributed by atoms with Gasteiger partial charge in [0, 0.05) is 32.2 Å². The van der Waals surface area contributed by atoms with E-state index >= 15 is 0 Å². The minimum absolute atomic E-state index is 0.0634. The highest BCUT2D eigenvalue weighted by atomic mass is 16.5. The van der Waals surface area contributed by atoms with Crippen molar-refractivity contribution in [3.8, 4) is 6.07 Å². The maximum atomic E-state index is 13.2. The molecule has 2 saturated heterocycles. The van der Waals surface area contributed by atoms with Gasteiger partial charge >= 0.3 is 5.97 Å². The van der Waals surface area contributed by atoms with Crippen molar-refractivity contribution in [1.29, 1.82) is 5.26 Å². The summed E-state index contributed by atoms with van der Waals surface area (Å²) in [5, 5.41) is 9.19. The van der Waals surface area contributed by atoms with Crippen LogP contribution < -0.4 is 4.90 Å². The molecular weight excluding hydrogens is 368 g/mol. The molecule has 156 valence electrons. The third-order valence-corrected chi connectivity index (χ3v) is 6.90. The standard InChI is InChI=1S/C22H30N4O3/c1-2-29-21(27)22-8-6-19(25-10-12-28-13-11-25)14-17(22)7-9-26(16-22)20-5-3-4-18(15-23)24-20/h3-5,17,19H,2,6-14,16H2,1H3/t17-,19-,22-/m1/s1. The molecule has 1 saturated carbocycles. The number of carbonyl (C=O) groups is 1. The van der Waals surface area contributed by atoms with Crippen molar-refractivity contribution in [2.45, 2.75) is 38.6 Å². The third-order valence-electron chi connectivity index (χ3n) is 6.90. The Morgan fingerprint density at radius 1 is 1.34 bits per heavy atom. The number of morpholine rings is 1. The first-order chi connectivity index (χ1) is 14.2. The van der Waals surface area contributed by atoms with Crippen molar-refractivity contribution in [1.82, 2.24) is 9.88 Å². The second-order valence-corrected chi connectivity index (χ2v) is 8.35. The Kier molecular flexibility index (Phi) is 6.02. The zero-order valence-electron chi connectivity index (χ0n) is 17.2. The Balaban J connectivity index is 1.55. The van der Waals surface area contributed by atoms with Crippen molar-refractivity contribution in [2.75, 3.05) is 50.9 Å². The molecule has 0 aromatic carbocycles. The monoisotopic (exact) mass is 398 g/mol. The number of anilines is 1. The highest BCUT2D eigenvalue weighted by Crippen LogP contribution is 2.49. The number of hydrogen-bond acceptors (Lipinski definition) is 7. The smallest absolute Gasteiger partial charge is 0.314 e. The van der Waals surface area contributed by atoms with Crippen LogP contribution in [-0.4, -0.2) is 67.9 Å². The van der Waals surface area contributed by atoms with Crippen molar-refractivity contribution in [3.05, 3.63) is 23.9 Å². The molecule has 1 aliphatic carbocycles. The molecule has 7 nitrogen and oxygen atoms in total. The summed E-state index contributed by atoms with van der Waals surface area (Å²) in [6.07, 6.45) is 3.83. The van der Waals surface area contributed by atoms with E-state index in [-0.39, 0.29) is 5.97 Å². The molecule has 0 unspecified atom stereocenters. The van der Waals surface area contributed by atoms with E-state index in [1.165, 1.54) is 0 Å². The van der Waals surface area contributed by atoms with E-state index in [4.69, 9.17) is 9.47 Å². The average molecular weight is 399 g/mol. The van der Waals surface area contributed by atoms with Crippen LogP contribution in [0.4, 0.5) is 5.82 Å². The first-order valence-electron chi connectivity index (χ1n) is 10.8. The maximum absolute atomic E-state index is 13.2. The predicted octanol–water partition coefficient (Wildman–Crippen LogP) is 2.21. The largest absolute Gasteiger partial charge is 0.466 e. The quantitative estimate of drug-likeness (QED) is 0.720. The number of hydrogen-bond donors (Lipinski definition) is 0. The van der Waals surface area contributed by atoms with Gasteiger partial charge in [-0.1, -0.05) is 6.07 Å². The van der Waals surface area contributed by atoms with E-state index < -0.39 is 5.41 Å². The summed E-state index contributed by atoms with van der Waals surface area (Å²) in [7, 11) is 0. The van der Waals surface area contributed by atoms with Crippen molar-refractivity contribution in [3.63, 3.8) is 0 Å². The SMILES string of the molecule is CCOC(=O)[C@@]12CC[C@@H](N3CCOCC3)C[C@H]1CCN(c1cccc(C#N)n1)C2. The highest BCUT2D eigenvalue weighted by molar-refractivity contribution is 5.79. The predicted molar refractivity (Wildman–Crippen MR) is 108 cm³/mol.